The lowest BCUT2D eigenvalue weighted by Gasteiger charge is -2.21. The summed E-state index contributed by atoms with van der Waals surface area (Å²) in [6.45, 7) is 1.23. The number of hydrogen-bond acceptors (Lipinski definition) is 4. The van der Waals surface area contributed by atoms with Gasteiger partial charge in [-0.25, -0.2) is 4.39 Å². The fourth-order valence-electron chi connectivity index (χ4n) is 2.52. The van der Waals surface area contributed by atoms with E-state index in [4.69, 9.17) is 9.84 Å². The van der Waals surface area contributed by atoms with E-state index < -0.39 is 36.8 Å². The first-order valence-corrected chi connectivity index (χ1v) is 8.69. The van der Waals surface area contributed by atoms with Crippen LogP contribution in [0, 0.1) is 5.82 Å². The summed E-state index contributed by atoms with van der Waals surface area (Å²) in [6.07, 6.45) is 0.590. The van der Waals surface area contributed by atoms with Crippen LogP contribution in [0.3, 0.4) is 0 Å². The summed E-state index contributed by atoms with van der Waals surface area (Å²) in [5.74, 6) is -2.65. The first kappa shape index (κ1) is 20.9. The number of halogens is 1. The molecule has 0 heterocycles. The number of benzene rings is 2. The minimum Gasteiger partial charge on any atom is -0.483 e. The number of carboxylic acids is 1. The van der Waals surface area contributed by atoms with Crippen molar-refractivity contribution in [3.05, 3.63) is 59.9 Å². The third-order valence-corrected chi connectivity index (χ3v) is 3.73. The Morgan fingerprint density at radius 1 is 1.11 bits per heavy atom. The first-order chi connectivity index (χ1) is 13.4. The smallest absolute Gasteiger partial charge is 0.323 e. The molecular formula is C20H21FN2O5. The normalized spacial score (nSPS) is 10.2. The average molecular weight is 388 g/mol. The molecule has 148 valence electrons. The Bertz CT molecular complexity index is 856. The second-order valence-electron chi connectivity index (χ2n) is 5.93. The van der Waals surface area contributed by atoms with Gasteiger partial charge in [0.2, 0.25) is 0 Å². The summed E-state index contributed by atoms with van der Waals surface area (Å²) in [6, 6.07) is 12.0. The predicted octanol–water partition coefficient (Wildman–Crippen LogP) is 2.78. The number of nitrogens with zero attached hydrogens (tertiary/aromatic N) is 1. The van der Waals surface area contributed by atoms with E-state index in [2.05, 4.69) is 5.32 Å². The number of para-hydroxylation sites is 2. The second kappa shape index (κ2) is 10.1. The van der Waals surface area contributed by atoms with E-state index in [1.165, 1.54) is 35.2 Å². The van der Waals surface area contributed by atoms with Gasteiger partial charge in [0.05, 0.1) is 11.3 Å². The maximum atomic E-state index is 13.6. The summed E-state index contributed by atoms with van der Waals surface area (Å²) in [7, 11) is 0. The fraction of sp³-hybridized carbons (Fsp3) is 0.250. The van der Waals surface area contributed by atoms with Crippen LogP contribution in [-0.4, -0.2) is 47.5 Å². The molecule has 8 heteroatoms. The van der Waals surface area contributed by atoms with E-state index in [-0.39, 0.29) is 23.5 Å². The summed E-state index contributed by atoms with van der Waals surface area (Å²) in [5.41, 5.74) is 0.173. The van der Waals surface area contributed by atoms with Crippen molar-refractivity contribution < 1.29 is 28.6 Å². The molecule has 0 saturated heterocycles. The van der Waals surface area contributed by atoms with Gasteiger partial charge in [0.25, 0.3) is 11.8 Å². The number of amides is 2. The summed E-state index contributed by atoms with van der Waals surface area (Å²) >= 11 is 0. The molecule has 0 saturated carbocycles. The standard InChI is InChI=1S/C20H21FN2O5/c1-2-11-23(12-19(25)26)20(27)14-7-3-6-10-17(14)28-13-18(24)22-16-9-5-4-8-15(16)21/h3-10H,2,11-13H2,1H3,(H,22,24)(H,25,26). The van der Waals surface area contributed by atoms with Crippen molar-refractivity contribution in [3.8, 4) is 5.75 Å². The number of carbonyl (C=O) groups excluding carboxylic acids is 2. The lowest BCUT2D eigenvalue weighted by molar-refractivity contribution is -0.137. The molecule has 0 aliphatic heterocycles. The molecule has 2 aromatic rings. The van der Waals surface area contributed by atoms with Gasteiger partial charge in [-0.3, -0.25) is 14.4 Å². The van der Waals surface area contributed by atoms with E-state index in [0.29, 0.717) is 6.42 Å². The van der Waals surface area contributed by atoms with Crippen LogP contribution in [0.1, 0.15) is 23.7 Å². The van der Waals surface area contributed by atoms with Crippen LogP contribution in [0.2, 0.25) is 0 Å². The molecule has 0 atom stereocenters. The Morgan fingerprint density at radius 3 is 2.46 bits per heavy atom. The van der Waals surface area contributed by atoms with Gasteiger partial charge in [-0.05, 0) is 30.7 Å². The highest BCUT2D eigenvalue weighted by atomic mass is 19.1. The van der Waals surface area contributed by atoms with Gasteiger partial charge >= 0.3 is 5.97 Å². The molecule has 2 N–H and O–H groups in total. The van der Waals surface area contributed by atoms with Crippen LogP contribution < -0.4 is 10.1 Å². The number of aliphatic carboxylic acids is 1. The maximum Gasteiger partial charge on any atom is 0.323 e. The Hall–Kier alpha value is -3.42. The minimum atomic E-state index is -1.12. The fourth-order valence-corrected chi connectivity index (χ4v) is 2.52. The number of anilines is 1. The number of rotatable bonds is 9. The van der Waals surface area contributed by atoms with Crippen LogP contribution in [0.4, 0.5) is 10.1 Å². The third kappa shape index (κ3) is 5.80. The molecule has 0 fully saturated rings. The van der Waals surface area contributed by atoms with E-state index in [1.54, 1.807) is 18.2 Å². The Labute approximate surface area is 161 Å². The average Bonchev–Trinajstić information content (AvgIpc) is 2.67. The quantitative estimate of drug-likeness (QED) is 0.689. The number of carbonyl (C=O) groups is 3. The maximum absolute atomic E-state index is 13.6. The molecular weight excluding hydrogens is 367 g/mol. The SMILES string of the molecule is CCCN(CC(=O)O)C(=O)c1ccccc1OCC(=O)Nc1ccccc1F. The highest BCUT2D eigenvalue weighted by molar-refractivity contribution is 5.98. The molecule has 0 spiro atoms. The van der Waals surface area contributed by atoms with Gasteiger partial charge in [-0.1, -0.05) is 31.2 Å². The highest BCUT2D eigenvalue weighted by Gasteiger charge is 2.21. The van der Waals surface area contributed by atoms with Crippen LogP contribution in [-0.2, 0) is 9.59 Å². The summed E-state index contributed by atoms with van der Waals surface area (Å²) < 4.78 is 19.0. The number of ether oxygens (including phenoxy) is 1. The van der Waals surface area contributed by atoms with Gasteiger partial charge in [0, 0.05) is 6.54 Å². The summed E-state index contributed by atoms with van der Waals surface area (Å²) in [5, 5.41) is 11.4. The molecule has 0 radical (unpaired) electrons. The Balaban J connectivity index is 2.08. The second-order valence-corrected chi connectivity index (χ2v) is 5.93. The van der Waals surface area contributed by atoms with E-state index >= 15 is 0 Å². The molecule has 0 bridgehead atoms. The van der Waals surface area contributed by atoms with Crippen molar-refractivity contribution in [3.63, 3.8) is 0 Å². The van der Waals surface area contributed by atoms with Crippen molar-refractivity contribution >= 4 is 23.5 Å². The number of carboxylic acid groups (broad SMARTS) is 1. The van der Waals surface area contributed by atoms with Crippen LogP contribution >= 0.6 is 0 Å². The van der Waals surface area contributed by atoms with Crippen LogP contribution in [0.15, 0.2) is 48.5 Å². The first-order valence-electron chi connectivity index (χ1n) is 8.69. The van der Waals surface area contributed by atoms with Gasteiger partial charge in [-0.2, -0.15) is 0 Å². The van der Waals surface area contributed by atoms with Crippen LogP contribution in [0.5, 0.6) is 5.75 Å². The zero-order valence-corrected chi connectivity index (χ0v) is 15.4. The zero-order valence-electron chi connectivity index (χ0n) is 15.4. The van der Waals surface area contributed by atoms with Gasteiger partial charge in [0.15, 0.2) is 6.61 Å². The molecule has 0 aliphatic carbocycles. The lowest BCUT2D eigenvalue weighted by Crippen LogP contribution is -2.36. The summed E-state index contributed by atoms with van der Waals surface area (Å²) in [4.78, 5) is 36.9. The zero-order chi connectivity index (χ0) is 20.5. The van der Waals surface area contributed by atoms with Gasteiger partial charge in [-0.15, -0.1) is 0 Å². The molecule has 0 aromatic heterocycles. The molecule has 0 aliphatic rings. The van der Waals surface area contributed by atoms with E-state index in [1.807, 2.05) is 6.92 Å². The van der Waals surface area contributed by atoms with Crippen molar-refractivity contribution in [1.29, 1.82) is 0 Å². The molecule has 0 unspecified atom stereocenters. The molecule has 2 aromatic carbocycles. The molecule has 2 rings (SSSR count). The predicted molar refractivity (Wildman–Crippen MR) is 101 cm³/mol. The van der Waals surface area contributed by atoms with Crippen molar-refractivity contribution in [1.82, 2.24) is 4.90 Å². The van der Waals surface area contributed by atoms with Crippen molar-refractivity contribution in [2.75, 3.05) is 25.0 Å². The number of hydrogen-bond donors (Lipinski definition) is 2. The highest BCUT2D eigenvalue weighted by Crippen LogP contribution is 2.20. The molecule has 2 amide bonds. The minimum absolute atomic E-state index is 0.0241. The van der Waals surface area contributed by atoms with Gasteiger partial charge in [0.1, 0.15) is 18.1 Å². The van der Waals surface area contributed by atoms with Crippen molar-refractivity contribution in [2.24, 2.45) is 0 Å². The largest absolute Gasteiger partial charge is 0.483 e. The van der Waals surface area contributed by atoms with Crippen LogP contribution in [0.25, 0.3) is 0 Å². The van der Waals surface area contributed by atoms with E-state index in [9.17, 15) is 18.8 Å². The number of nitrogens with one attached hydrogen (secondary N) is 1. The van der Waals surface area contributed by atoms with Gasteiger partial charge < -0.3 is 20.1 Å². The van der Waals surface area contributed by atoms with E-state index in [0.717, 1.165) is 0 Å². The monoisotopic (exact) mass is 388 g/mol. The lowest BCUT2D eigenvalue weighted by atomic mass is 10.1. The van der Waals surface area contributed by atoms with Crippen molar-refractivity contribution in [2.45, 2.75) is 13.3 Å². The third-order valence-electron chi connectivity index (χ3n) is 3.73. The Kier molecular flexibility index (Phi) is 7.50. The Morgan fingerprint density at radius 2 is 1.79 bits per heavy atom. The molecule has 7 nitrogen and oxygen atoms in total. The molecule has 28 heavy (non-hydrogen) atoms. The topological polar surface area (TPSA) is 95.9 Å².